The first kappa shape index (κ1) is 17.9. The third kappa shape index (κ3) is 2.99. The van der Waals surface area contributed by atoms with Crippen molar-refractivity contribution in [1.29, 1.82) is 0 Å². The van der Waals surface area contributed by atoms with Gasteiger partial charge in [-0.25, -0.2) is 0 Å². The van der Waals surface area contributed by atoms with E-state index >= 15 is 0 Å². The number of hydrogen-bond donors (Lipinski definition) is 1. The lowest BCUT2D eigenvalue weighted by Crippen LogP contribution is -2.60. The van der Waals surface area contributed by atoms with E-state index < -0.39 is 0 Å². The van der Waals surface area contributed by atoms with Crippen LogP contribution < -0.4 is 5.73 Å². The summed E-state index contributed by atoms with van der Waals surface area (Å²) in [7, 11) is 0. The molecule has 4 bridgehead atoms. The van der Waals surface area contributed by atoms with Crippen molar-refractivity contribution in [2.75, 3.05) is 0 Å². The Bertz CT molecular complexity index is 721. The molecule has 0 spiro atoms. The zero-order chi connectivity index (χ0) is 18.7. The zero-order valence-electron chi connectivity index (χ0n) is 16.9. The lowest BCUT2D eigenvalue weighted by atomic mass is 9.38. The highest BCUT2D eigenvalue weighted by Crippen LogP contribution is 2.70. The van der Waals surface area contributed by atoms with Crippen LogP contribution in [0.1, 0.15) is 83.1 Å². The van der Waals surface area contributed by atoms with E-state index in [0.717, 1.165) is 50.9 Å². The molecule has 6 rings (SSSR count). The number of ketones is 1. The Morgan fingerprint density at radius 1 is 1.00 bits per heavy atom. The molecule has 5 fully saturated rings. The minimum atomic E-state index is -0.0381. The highest BCUT2D eigenvalue weighted by Gasteiger charge is 2.64. The molecule has 5 saturated carbocycles. The van der Waals surface area contributed by atoms with Crippen molar-refractivity contribution in [3.8, 4) is 0 Å². The number of nitrogens with two attached hydrogens (primary N) is 1. The van der Waals surface area contributed by atoms with Gasteiger partial charge in [-0.3, -0.25) is 4.79 Å². The Kier molecular flexibility index (Phi) is 4.10. The Morgan fingerprint density at radius 3 is 2.44 bits per heavy atom. The van der Waals surface area contributed by atoms with Crippen molar-refractivity contribution >= 4 is 5.78 Å². The molecule has 0 heterocycles. The monoisotopic (exact) mass is 365 g/mol. The average Bonchev–Trinajstić information content (AvgIpc) is 2.62. The molecule has 0 aromatic heterocycles. The maximum atomic E-state index is 13.7. The van der Waals surface area contributed by atoms with E-state index in [0.29, 0.717) is 23.2 Å². The predicted octanol–water partition coefficient (Wildman–Crippen LogP) is 5.39. The maximum Gasteiger partial charge on any atom is 0.139 e. The van der Waals surface area contributed by atoms with Crippen LogP contribution in [0.25, 0.3) is 0 Å². The molecule has 0 radical (unpaired) electrons. The number of benzene rings is 1. The van der Waals surface area contributed by atoms with Crippen molar-refractivity contribution in [1.82, 2.24) is 0 Å². The Morgan fingerprint density at radius 2 is 1.74 bits per heavy atom. The summed E-state index contributed by atoms with van der Waals surface area (Å²) < 4.78 is 0. The third-order valence-corrected chi connectivity index (χ3v) is 8.69. The summed E-state index contributed by atoms with van der Waals surface area (Å²) in [5.41, 5.74) is 8.16. The number of carbonyl (C=O) groups excluding carboxylic acids is 1. The predicted molar refractivity (Wildman–Crippen MR) is 109 cm³/mol. The van der Waals surface area contributed by atoms with Gasteiger partial charge in [-0.1, -0.05) is 37.3 Å². The van der Waals surface area contributed by atoms with Crippen molar-refractivity contribution in [2.45, 2.75) is 89.0 Å². The molecule has 1 aromatic carbocycles. The van der Waals surface area contributed by atoms with Gasteiger partial charge in [0.2, 0.25) is 0 Å². The minimum Gasteiger partial charge on any atom is -0.328 e. The van der Waals surface area contributed by atoms with Crippen LogP contribution in [0, 0.1) is 22.7 Å². The molecule has 2 unspecified atom stereocenters. The van der Waals surface area contributed by atoms with Gasteiger partial charge in [0, 0.05) is 17.9 Å². The summed E-state index contributed by atoms with van der Waals surface area (Å²) in [4.78, 5) is 13.7. The third-order valence-electron chi connectivity index (χ3n) is 8.69. The highest BCUT2D eigenvalue weighted by atomic mass is 16.1. The summed E-state index contributed by atoms with van der Waals surface area (Å²) in [6, 6.07) is 11.5. The first-order valence-corrected chi connectivity index (χ1v) is 11.2. The van der Waals surface area contributed by atoms with Crippen molar-refractivity contribution < 1.29 is 4.79 Å². The molecule has 0 amide bonds. The maximum absolute atomic E-state index is 13.7. The van der Waals surface area contributed by atoms with E-state index in [2.05, 4.69) is 37.3 Å². The number of rotatable bonds is 4. The van der Waals surface area contributed by atoms with E-state index in [1.54, 1.807) is 0 Å². The van der Waals surface area contributed by atoms with Crippen LogP contribution in [0.4, 0.5) is 0 Å². The van der Waals surface area contributed by atoms with Gasteiger partial charge in [0.25, 0.3) is 0 Å². The number of carbonyl (C=O) groups is 1. The Labute approximate surface area is 164 Å². The molecule has 2 heteroatoms. The summed E-state index contributed by atoms with van der Waals surface area (Å²) >= 11 is 0. The quantitative estimate of drug-likeness (QED) is 0.777. The lowest BCUT2D eigenvalue weighted by Gasteiger charge is -2.66. The molecule has 146 valence electrons. The fraction of sp³-hybridized carbons (Fsp3) is 0.720. The summed E-state index contributed by atoms with van der Waals surface area (Å²) in [6.07, 6.45) is 12.7. The fourth-order valence-corrected chi connectivity index (χ4v) is 8.22. The molecule has 2 N–H and O–H groups in total. The van der Waals surface area contributed by atoms with E-state index in [9.17, 15) is 4.79 Å². The summed E-state index contributed by atoms with van der Waals surface area (Å²) in [5, 5.41) is 0. The minimum absolute atomic E-state index is 0.0381. The summed E-state index contributed by atoms with van der Waals surface area (Å²) in [5.74, 6) is 1.94. The highest BCUT2D eigenvalue weighted by molar-refractivity contribution is 5.86. The molecule has 5 aliphatic rings. The van der Waals surface area contributed by atoms with Gasteiger partial charge in [-0.2, -0.15) is 0 Å². The number of hydrogen-bond acceptors (Lipinski definition) is 2. The van der Waals surface area contributed by atoms with Crippen molar-refractivity contribution in [3.05, 3.63) is 35.9 Å². The molecule has 27 heavy (non-hydrogen) atoms. The van der Waals surface area contributed by atoms with Crippen LogP contribution in [0.15, 0.2) is 30.3 Å². The van der Waals surface area contributed by atoms with Crippen molar-refractivity contribution in [3.63, 3.8) is 0 Å². The second kappa shape index (κ2) is 6.17. The number of Topliss-reactive ketones (excluding diaryl/α,β-unsaturated/α-hetero) is 1. The van der Waals surface area contributed by atoms with Gasteiger partial charge in [-0.05, 0) is 92.4 Å². The topological polar surface area (TPSA) is 43.1 Å². The smallest absolute Gasteiger partial charge is 0.139 e. The van der Waals surface area contributed by atoms with Crippen LogP contribution in [0.2, 0.25) is 0 Å². The fourth-order valence-electron chi connectivity index (χ4n) is 8.22. The second-order valence-corrected chi connectivity index (χ2v) is 11.2. The molecule has 4 atom stereocenters. The van der Waals surface area contributed by atoms with Gasteiger partial charge in [0.15, 0.2) is 0 Å². The zero-order valence-corrected chi connectivity index (χ0v) is 16.9. The van der Waals surface area contributed by atoms with Crippen LogP contribution in [-0.2, 0) is 10.2 Å². The first-order chi connectivity index (χ1) is 12.9. The van der Waals surface area contributed by atoms with Gasteiger partial charge in [0.1, 0.15) is 5.78 Å². The van der Waals surface area contributed by atoms with Crippen LogP contribution in [0.5, 0.6) is 0 Å². The van der Waals surface area contributed by atoms with Crippen LogP contribution >= 0.6 is 0 Å². The van der Waals surface area contributed by atoms with E-state index in [4.69, 9.17) is 5.73 Å². The first-order valence-electron chi connectivity index (χ1n) is 11.2. The molecule has 5 aliphatic carbocycles. The van der Waals surface area contributed by atoms with Gasteiger partial charge >= 0.3 is 0 Å². The molecule has 1 aromatic rings. The second-order valence-electron chi connectivity index (χ2n) is 11.2. The van der Waals surface area contributed by atoms with Crippen molar-refractivity contribution in [2.24, 2.45) is 28.4 Å². The average molecular weight is 366 g/mol. The molecule has 0 saturated heterocycles. The largest absolute Gasteiger partial charge is 0.328 e. The van der Waals surface area contributed by atoms with E-state index in [1.807, 2.05) is 0 Å². The normalized spacial score (nSPS) is 45.8. The van der Waals surface area contributed by atoms with Gasteiger partial charge in [0.05, 0.1) is 0 Å². The summed E-state index contributed by atoms with van der Waals surface area (Å²) in [6.45, 7) is 2.48. The van der Waals surface area contributed by atoms with Crippen LogP contribution in [0.3, 0.4) is 0 Å². The molecule has 0 aliphatic heterocycles. The molecule has 2 nitrogen and oxygen atoms in total. The van der Waals surface area contributed by atoms with Crippen LogP contribution in [-0.4, -0.2) is 11.8 Å². The molecular weight excluding hydrogens is 330 g/mol. The van der Waals surface area contributed by atoms with E-state index in [-0.39, 0.29) is 10.8 Å². The molecular formula is C25H35NO. The lowest BCUT2D eigenvalue weighted by molar-refractivity contribution is -0.159. The SMILES string of the molecule is C[C@]12CC3CC(C(=O)CC4CCC(N)CC4)(C1)C[C@@](c1ccccc1)(C3)C2. The Balaban J connectivity index is 1.43. The Hall–Kier alpha value is -1.15. The van der Waals surface area contributed by atoms with Gasteiger partial charge < -0.3 is 5.73 Å². The standard InChI is InChI=1S/C25H35NO/c1-23-12-19-13-24(15-23,20-5-3-2-4-6-20)17-25(14-19,16-23)22(27)11-18-7-9-21(26)10-8-18/h2-6,18-19,21H,7-17,26H2,1H3/t18?,19?,21?,23-,24-,25?/m1/s1. The van der Waals surface area contributed by atoms with Gasteiger partial charge in [-0.15, -0.1) is 0 Å². The van der Waals surface area contributed by atoms with E-state index in [1.165, 1.54) is 31.2 Å².